The van der Waals surface area contributed by atoms with E-state index < -0.39 is 0 Å². The second kappa shape index (κ2) is 9.05. The molecule has 3 rings (SSSR count). The summed E-state index contributed by atoms with van der Waals surface area (Å²) >= 11 is 0. The topological polar surface area (TPSA) is 61.9 Å². The molecule has 0 radical (unpaired) electrons. The molecule has 1 aliphatic rings. The van der Waals surface area contributed by atoms with Gasteiger partial charge in [-0.25, -0.2) is 4.39 Å². The molecule has 1 unspecified atom stereocenters. The Labute approximate surface area is 170 Å². The summed E-state index contributed by atoms with van der Waals surface area (Å²) in [7, 11) is 1.57. The molecule has 1 fully saturated rings. The number of halogens is 1. The Morgan fingerprint density at radius 2 is 1.72 bits per heavy atom. The zero-order chi connectivity index (χ0) is 21.0. The lowest BCUT2D eigenvalue weighted by molar-refractivity contribution is -0.121. The van der Waals surface area contributed by atoms with Gasteiger partial charge in [-0.15, -0.1) is 0 Å². The number of piperazine rings is 1. The first-order chi connectivity index (χ1) is 13.9. The SMILES string of the molecule is COc1ccc(C)cc1NC(=O)C(C)N1CCN(C(=O)c2ccc(F)cc2)CC1. The molecule has 0 bridgehead atoms. The van der Waals surface area contributed by atoms with Crippen molar-refractivity contribution in [1.29, 1.82) is 0 Å². The van der Waals surface area contributed by atoms with Crippen LogP contribution in [0.3, 0.4) is 0 Å². The van der Waals surface area contributed by atoms with Crippen LogP contribution in [0.1, 0.15) is 22.8 Å². The summed E-state index contributed by atoms with van der Waals surface area (Å²) in [6, 6.07) is 10.9. The summed E-state index contributed by atoms with van der Waals surface area (Å²) in [5.74, 6) is 0.0146. The van der Waals surface area contributed by atoms with Gasteiger partial charge < -0.3 is 15.0 Å². The van der Waals surface area contributed by atoms with Crippen molar-refractivity contribution in [2.45, 2.75) is 19.9 Å². The summed E-state index contributed by atoms with van der Waals surface area (Å²) in [5.41, 5.74) is 2.15. The first-order valence-corrected chi connectivity index (χ1v) is 9.63. The fourth-order valence-electron chi connectivity index (χ4n) is 3.41. The lowest BCUT2D eigenvalue weighted by Gasteiger charge is -2.37. The molecule has 0 aromatic heterocycles. The predicted molar refractivity (Wildman–Crippen MR) is 110 cm³/mol. The molecule has 2 aromatic rings. The Kier molecular flexibility index (Phi) is 6.49. The number of nitrogens with zero attached hydrogens (tertiary/aromatic N) is 2. The minimum atomic E-state index is -0.364. The fourth-order valence-corrected chi connectivity index (χ4v) is 3.41. The van der Waals surface area contributed by atoms with Crippen LogP contribution in [0, 0.1) is 12.7 Å². The third-order valence-corrected chi connectivity index (χ3v) is 5.23. The van der Waals surface area contributed by atoms with E-state index in [1.54, 1.807) is 12.0 Å². The molecule has 29 heavy (non-hydrogen) atoms. The third kappa shape index (κ3) is 4.92. The molecule has 1 saturated heterocycles. The van der Waals surface area contributed by atoms with Gasteiger partial charge in [-0.3, -0.25) is 14.5 Å². The van der Waals surface area contributed by atoms with Crippen LogP contribution in [0.2, 0.25) is 0 Å². The Bertz CT molecular complexity index is 877. The molecule has 154 valence electrons. The van der Waals surface area contributed by atoms with Crippen molar-refractivity contribution in [3.05, 3.63) is 59.4 Å². The quantitative estimate of drug-likeness (QED) is 0.840. The number of benzene rings is 2. The standard InChI is InChI=1S/C22H26FN3O3/c1-15-4-9-20(29-3)19(14-15)24-21(27)16(2)25-10-12-26(13-11-25)22(28)17-5-7-18(23)8-6-17/h4-9,14,16H,10-13H2,1-3H3,(H,24,27). The predicted octanol–water partition coefficient (Wildman–Crippen LogP) is 2.93. The Balaban J connectivity index is 1.57. The van der Waals surface area contributed by atoms with Gasteiger partial charge in [0.25, 0.3) is 5.91 Å². The van der Waals surface area contributed by atoms with Crippen molar-refractivity contribution in [2.75, 3.05) is 38.6 Å². The molecule has 1 aliphatic heterocycles. The van der Waals surface area contributed by atoms with Crippen LogP contribution in [0.15, 0.2) is 42.5 Å². The van der Waals surface area contributed by atoms with Gasteiger partial charge >= 0.3 is 0 Å². The number of methoxy groups -OCH3 is 1. The molecule has 0 spiro atoms. The zero-order valence-corrected chi connectivity index (χ0v) is 16.9. The molecule has 1 atom stereocenters. The molecule has 7 heteroatoms. The highest BCUT2D eigenvalue weighted by molar-refractivity contribution is 5.96. The smallest absolute Gasteiger partial charge is 0.253 e. The van der Waals surface area contributed by atoms with E-state index in [4.69, 9.17) is 4.74 Å². The summed E-state index contributed by atoms with van der Waals surface area (Å²) in [5, 5.41) is 2.94. The van der Waals surface area contributed by atoms with Gasteiger partial charge in [0.2, 0.25) is 5.91 Å². The van der Waals surface area contributed by atoms with Gasteiger partial charge in [0.15, 0.2) is 0 Å². The van der Waals surface area contributed by atoms with Gasteiger partial charge in [0.05, 0.1) is 18.8 Å². The van der Waals surface area contributed by atoms with Gasteiger partial charge in [0.1, 0.15) is 11.6 Å². The Morgan fingerprint density at radius 3 is 2.34 bits per heavy atom. The van der Waals surface area contributed by atoms with Crippen molar-refractivity contribution >= 4 is 17.5 Å². The number of rotatable bonds is 5. The van der Waals surface area contributed by atoms with Gasteiger partial charge in [-0.05, 0) is 55.8 Å². The van der Waals surface area contributed by atoms with E-state index >= 15 is 0 Å². The lowest BCUT2D eigenvalue weighted by atomic mass is 10.1. The normalized spacial score (nSPS) is 15.7. The van der Waals surface area contributed by atoms with Crippen molar-refractivity contribution in [2.24, 2.45) is 0 Å². The Hall–Kier alpha value is -2.93. The second-order valence-corrected chi connectivity index (χ2v) is 7.20. The van der Waals surface area contributed by atoms with Crippen molar-refractivity contribution < 1.29 is 18.7 Å². The maximum Gasteiger partial charge on any atom is 0.253 e. The fraction of sp³-hybridized carbons (Fsp3) is 0.364. The van der Waals surface area contributed by atoms with E-state index in [2.05, 4.69) is 5.32 Å². The first-order valence-electron chi connectivity index (χ1n) is 9.63. The second-order valence-electron chi connectivity index (χ2n) is 7.20. The molecular formula is C22H26FN3O3. The highest BCUT2D eigenvalue weighted by atomic mass is 19.1. The number of nitrogens with one attached hydrogen (secondary N) is 1. The summed E-state index contributed by atoms with van der Waals surface area (Å²) in [4.78, 5) is 29.1. The number of carbonyl (C=O) groups excluding carboxylic acids is 2. The highest BCUT2D eigenvalue weighted by Crippen LogP contribution is 2.25. The van der Waals surface area contributed by atoms with Crippen LogP contribution in [-0.2, 0) is 4.79 Å². The Morgan fingerprint density at radius 1 is 1.07 bits per heavy atom. The number of ether oxygens (including phenoxy) is 1. The number of hydrogen-bond donors (Lipinski definition) is 1. The minimum Gasteiger partial charge on any atom is -0.495 e. The van der Waals surface area contributed by atoms with E-state index in [0.29, 0.717) is 43.2 Å². The minimum absolute atomic E-state index is 0.118. The van der Waals surface area contributed by atoms with Crippen LogP contribution in [-0.4, -0.2) is 60.9 Å². The van der Waals surface area contributed by atoms with Crippen LogP contribution in [0.5, 0.6) is 5.75 Å². The molecular weight excluding hydrogens is 373 g/mol. The van der Waals surface area contributed by atoms with Gasteiger partial charge in [-0.1, -0.05) is 6.07 Å². The van der Waals surface area contributed by atoms with Crippen LogP contribution in [0.4, 0.5) is 10.1 Å². The first kappa shape index (κ1) is 20.8. The number of aryl methyl sites for hydroxylation is 1. The summed E-state index contributed by atoms with van der Waals surface area (Å²) < 4.78 is 18.4. The van der Waals surface area contributed by atoms with E-state index in [0.717, 1.165) is 5.56 Å². The summed E-state index contributed by atoms with van der Waals surface area (Å²) in [6.07, 6.45) is 0. The van der Waals surface area contributed by atoms with E-state index in [-0.39, 0.29) is 23.7 Å². The van der Waals surface area contributed by atoms with Gasteiger partial charge in [-0.2, -0.15) is 0 Å². The largest absolute Gasteiger partial charge is 0.495 e. The van der Waals surface area contributed by atoms with Crippen molar-refractivity contribution in [1.82, 2.24) is 9.80 Å². The number of carbonyl (C=O) groups is 2. The summed E-state index contributed by atoms with van der Waals surface area (Å²) in [6.45, 7) is 6.02. The van der Waals surface area contributed by atoms with Crippen LogP contribution < -0.4 is 10.1 Å². The van der Waals surface area contributed by atoms with E-state index in [9.17, 15) is 14.0 Å². The van der Waals surface area contributed by atoms with E-state index in [1.807, 2.05) is 36.9 Å². The van der Waals surface area contributed by atoms with Crippen LogP contribution in [0.25, 0.3) is 0 Å². The third-order valence-electron chi connectivity index (χ3n) is 5.23. The highest BCUT2D eigenvalue weighted by Gasteiger charge is 2.28. The molecule has 0 saturated carbocycles. The maximum atomic E-state index is 13.1. The number of anilines is 1. The zero-order valence-electron chi connectivity index (χ0n) is 16.9. The van der Waals surface area contributed by atoms with E-state index in [1.165, 1.54) is 24.3 Å². The molecule has 1 N–H and O–H groups in total. The average molecular weight is 399 g/mol. The van der Waals surface area contributed by atoms with Crippen molar-refractivity contribution in [3.63, 3.8) is 0 Å². The molecule has 2 aromatic carbocycles. The van der Waals surface area contributed by atoms with Gasteiger partial charge in [0, 0.05) is 31.7 Å². The number of hydrogen-bond acceptors (Lipinski definition) is 4. The molecule has 2 amide bonds. The monoisotopic (exact) mass is 399 g/mol. The molecule has 1 heterocycles. The molecule has 0 aliphatic carbocycles. The average Bonchev–Trinajstić information content (AvgIpc) is 2.73. The lowest BCUT2D eigenvalue weighted by Crippen LogP contribution is -2.54. The molecule has 6 nitrogen and oxygen atoms in total. The number of amides is 2. The van der Waals surface area contributed by atoms with Crippen LogP contribution >= 0.6 is 0 Å². The van der Waals surface area contributed by atoms with Crippen molar-refractivity contribution in [3.8, 4) is 5.75 Å². The maximum absolute atomic E-state index is 13.1.